The van der Waals surface area contributed by atoms with E-state index in [1.165, 1.54) is 12.3 Å². The highest BCUT2D eigenvalue weighted by Gasteiger charge is 2.35. The van der Waals surface area contributed by atoms with Crippen LogP contribution in [-0.2, 0) is 19.6 Å². The van der Waals surface area contributed by atoms with E-state index >= 15 is 0 Å². The maximum absolute atomic E-state index is 12.4. The standard InChI is InChI=1S/C14H19ClN2O4S/c1-9(2)13-12(4-3-5-21-13)14(18)17-22(19,20)11-6-10(15)7-16-8-11/h6-9,12-13H,3-5H2,1-2H3,(H,17,18)/t12-,13-/m0/s1. The Hall–Kier alpha value is -1.18. The maximum atomic E-state index is 12.4. The molecule has 1 aliphatic heterocycles. The molecule has 0 aliphatic carbocycles. The molecule has 0 saturated carbocycles. The number of sulfonamides is 1. The van der Waals surface area contributed by atoms with E-state index < -0.39 is 21.8 Å². The summed E-state index contributed by atoms with van der Waals surface area (Å²) in [6.07, 6.45) is 3.55. The van der Waals surface area contributed by atoms with Gasteiger partial charge in [0, 0.05) is 19.0 Å². The summed E-state index contributed by atoms with van der Waals surface area (Å²) in [7, 11) is -3.98. The molecule has 6 nitrogen and oxygen atoms in total. The van der Waals surface area contributed by atoms with E-state index in [0.29, 0.717) is 13.0 Å². The largest absolute Gasteiger partial charge is 0.377 e. The molecule has 2 heterocycles. The van der Waals surface area contributed by atoms with Crippen molar-refractivity contribution in [2.45, 2.75) is 37.7 Å². The first kappa shape index (κ1) is 17.2. The number of ether oxygens (including phenoxy) is 1. The van der Waals surface area contributed by atoms with Crippen LogP contribution in [0.15, 0.2) is 23.4 Å². The van der Waals surface area contributed by atoms with Gasteiger partial charge in [0.15, 0.2) is 0 Å². The van der Waals surface area contributed by atoms with E-state index in [0.717, 1.165) is 12.6 Å². The van der Waals surface area contributed by atoms with Gasteiger partial charge in [-0.1, -0.05) is 25.4 Å². The molecule has 1 N–H and O–H groups in total. The van der Waals surface area contributed by atoms with Crippen LogP contribution in [0.1, 0.15) is 26.7 Å². The molecule has 8 heteroatoms. The van der Waals surface area contributed by atoms with Gasteiger partial charge in [0.2, 0.25) is 5.91 Å². The van der Waals surface area contributed by atoms with Gasteiger partial charge in [-0.15, -0.1) is 0 Å². The lowest BCUT2D eigenvalue weighted by atomic mass is 9.87. The van der Waals surface area contributed by atoms with E-state index in [2.05, 4.69) is 9.71 Å². The summed E-state index contributed by atoms with van der Waals surface area (Å²) in [5.41, 5.74) is 0. The molecule has 2 rings (SSSR count). The molecule has 22 heavy (non-hydrogen) atoms. The first-order valence-corrected chi connectivity index (χ1v) is 8.96. The second-order valence-electron chi connectivity index (χ2n) is 5.64. The smallest absolute Gasteiger partial charge is 0.265 e. The van der Waals surface area contributed by atoms with Gasteiger partial charge in [-0.05, 0) is 24.8 Å². The molecule has 1 aliphatic rings. The van der Waals surface area contributed by atoms with Gasteiger partial charge in [-0.2, -0.15) is 0 Å². The van der Waals surface area contributed by atoms with E-state index in [1.807, 2.05) is 13.8 Å². The predicted octanol–water partition coefficient (Wildman–Crippen LogP) is 1.99. The third-order valence-electron chi connectivity index (χ3n) is 3.59. The van der Waals surface area contributed by atoms with Gasteiger partial charge in [-0.3, -0.25) is 9.78 Å². The number of carbonyl (C=O) groups is 1. The Kier molecular flexibility index (Phi) is 5.41. The Morgan fingerprint density at radius 1 is 1.45 bits per heavy atom. The van der Waals surface area contributed by atoms with Crippen molar-refractivity contribution in [1.82, 2.24) is 9.71 Å². The van der Waals surface area contributed by atoms with Crippen LogP contribution in [0.4, 0.5) is 0 Å². The zero-order chi connectivity index (χ0) is 16.3. The molecule has 0 bridgehead atoms. The minimum atomic E-state index is -3.98. The number of halogens is 1. The molecule has 0 unspecified atom stereocenters. The van der Waals surface area contributed by atoms with Gasteiger partial charge >= 0.3 is 0 Å². The van der Waals surface area contributed by atoms with Crippen molar-refractivity contribution in [1.29, 1.82) is 0 Å². The van der Waals surface area contributed by atoms with Crippen LogP contribution < -0.4 is 4.72 Å². The van der Waals surface area contributed by atoms with Crippen molar-refractivity contribution in [2.24, 2.45) is 11.8 Å². The highest BCUT2D eigenvalue weighted by Crippen LogP contribution is 2.27. The summed E-state index contributed by atoms with van der Waals surface area (Å²) in [4.78, 5) is 16.0. The van der Waals surface area contributed by atoms with Crippen molar-refractivity contribution in [2.75, 3.05) is 6.61 Å². The topological polar surface area (TPSA) is 85.4 Å². The quantitative estimate of drug-likeness (QED) is 0.901. The number of nitrogens with zero attached hydrogens (tertiary/aromatic N) is 1. The summed E-state index contributed by atoms with van der Waals surface area (Å²) < 4.78 is 32.2. The second-order valence-corrected chi connectivity index (χ2v) is 7.76. The predicted molar refractivity (Wildman–Crippen MR) is 81.9 cm³/mol. The lowest BCUT2D eigenvalue weighted by molar-refractivity contribution is -0.135. The lowest BCUT2D eigenvalue weighted by Gasteiger charge is -2.33. The normalized spacial score (nSPS) is 22.5. The number of nitrogens with one attached hydrogen (secondary N) is 1. The third-order valence-corrected chi connectivity index (χ3v) is 5.11. The van der Waals surface area contributed by atoms with Crippen molar-refractivity contribution >= 4 is 27.5 Å². The summed E-state index contributed by atoms with van der Waals surface area (Å²) in [6.45, 7) is 4.49. The SMILES string of the molecule is CC(C)[C@@H]1OCCC[C@@H]1C(=O)NS(=O)(=O)c1cncc(Cl)c1. The Morgan fingerprint density at radius 3 is 2.82 bits per heavy atom. The van der Waals surface area contributed by atoms with E-state index in [9.17, 15) is 13.2 Å². The van der Waals surface area contributed by atoms with Crippen molar-refractivity contribution in [3.8, 4) is 0 Å². The van der Waals surface area contributed by atoms with E-state index in [1.54, 1.807) is 0 Å². The molecule has 1 saturated heterocycles. The number of hydrogen-bond acceptors (Lipinski definition) is 5. The fraction of sp³-hybridized carbons (Fsp3) is 0.571. The number of carbonyl (C=O) groups excluding carboxylic acids is 1. The monoisotopic (exact) mass is 346 g/mol. The fourth-order valence-corrected chi connectivity index (χ4v) is 3.80. The molecular weight excluding hydrogens is 328 g/mol. The van der Waals surface area contributed by atoms with Crippen LogP contribution in [0.2, 0.25) is 5.02 Å². The summed E-state index contributed by atoms with van der Waals surface area (Å²) in [6, 6.07) is 1.25. The van der Waals surface area contributed by atoms with Crippen molar-refractivity contribution in [3.05, 3.63) is 23.5 Å². The molecule has 0 radical (unpaired) electrons. The average Bonchev–Trinajstić information content (AvgIpc) is 2.46. The highest BCUT2D eigenvalue weighted by molar-refractivity contribution is 7.90. The zero-order valence-corrected chi connectivity index (χ0v) is 14.0. The number of pyridine rings is 1. The lowest BCUT2D eigenvalue weighted by Crippen LogP contribution is -2.45. The molecule has 1 aromatic heterocycles. The molecule has 122 valence electrons. The minimum absolute atomic E-state index is 0.131. The number of amides is 1. The minimum Gasteiger partial charge on any atom is -0.377 e. The Morgan fingerprint density at radius 2 is 2.18 bits per heavy atom. The highest BCUT2D eigenvalue weighted by atomic mass is 35.5. The maximum Gasteiger partial charge on any atom is 0.265 e. The number of aromatic nitrogens is 1. The molecule has 1 fully saturated rings. The van der Waals surface area contributed by atoms with Gasteiger partial charge < -0.3 is 4.74 Å². The molecule has 1 amide bonds. The van der Waals surface area contributed by atoms with Crippen LogP contribution in [0.25, 0.3) is 0 Å². The van der Waals surface area contributed by atoms with Crippen LogP contribution in [-0.4, -0.2) is 32.0 Å². The third kappa shape index (κ3) is 3.97. The fourth-order valence-electron chi connectivity index (χ4n) is 2.55. The van der Waals surface area contributed by atoms with Gasteiger partial charge in [0.1, 0.15) is 4.90 Å². The van der Waals surface area contributed by atoms with Gasteiger partial charge in [-0.25, -0.2) is 13.1 Å². The van der Waals surface area contributed by atoms with Crippen LogP contribution in [0.3, 0.4) is 0 Å². The Labute approximate surface area is 135 Å². The first-order valence-electron chi connectivity index (χ1n) is 7.10. The van der Waals surface area contributed by atoms with Crippen LogP contribution >= 0.6 is 11.6 Å². The summed E-state index contributed by atoms with van der Waals surface area (Å²) in [5, 5.41) is 0.191. The molecule has 2 atom stereocenters. The first-order chi connectivity index (χ1) is 10.3. The van der Waals surface area contributed by atoms with Gasteiger partial charge in [0.05, 0.1) is 17.0 Å². The van der Waals surface area contributed by atoms with Gasteiger partial charge in [0.25, 0.3) is 10.0 Å². The molecule has 0 aromatic carbocycles. The Balaban J connectivity index is 2.16. The second kappa shape index (κ2) is 6.93. The summed E-state index contributed by atoms with van der Waals surface area (Å²) >= 11 is 5.74. The van der Waals surface area contributed by atoms with E-state index in [-0.39, 0.29) is 21.9 Å². The summed E-state index contributed by atoms with van der Waals surface area (Å²) in [5.74, 6) is -0.888. The zero-order valence-electron chi connectivity index (χ0n) is 12.5. The van der Waals surface area contributed by atoms with Crippen LogP contribution in [0, 0.1) is 11.8 Å². The van der Waals surface area contributed by atoms with Crippen molar-refractivity contribution < 1.29 is 17.9 Å². The molecule has 0 spiro atoms. The number of hydrogen-bond donors (Lipinski definition) is 1. The molecule has 1 aromatic rings. The Bertz CT molecular complexity index is 648. The van der Waals surface area contributed by atoms with Crippen LogP contribution in [0.5, 0.6) is 0 Å². The number of rotatable bonds is 4. The average molecular weight is 347 g/mol. The van der Waals surface area contributed by atoms with Crippen molar-refractivity contribution in [3.63, 3.8) is 0 Å². The molecular formula is C14H19ClN2O4S. The van der Waals surface area contributed by atoms with E-state index in [4.69, 9.17) is 16.3 Å².